The van der Waals surface area contributed by atoms with Crippen molar-refractivity contribution >= 4 is 23.2 Å². The lowest BCUT2D eigenvalue weighted by Gasteiger charge is -2.39. The van der Waals surface area contributed by atoms with Gasteiger partial charge in [0.25, 0.3) is 17.9 Å². The Morgan fingerprint density at radius 2 is 1.79 bits per heavy atom. The number of hydrogen-bond donors (Lipinski definition) is 3. The van der Waals surface area contributed by atoms with Crippen molar-refractivity contribution in [1.82, 2.24) is 15.3 Å². The van der Waals surface area contributed by atoms with Crippen molar-refractivity contribution in [2.75, 3.05) is 6.61 Å². The smallest absolute Gasteiger partial charge is 0.491 e. The van der Waals surface area contributed by atoms with Crippen molar-refractivity contribution in [2.24, 2.45) is 0 Å². The van der Waals surface area contributed by atoms with Gasteiger partial charge in [-0.3, -0.25) is 19.4 Å². The van der Waals surface area contributed by atoms with E-state index in [9.17, 15) is 22.8 Å². The van der Waals surface area contributed by atoms with Crippen LogP contribution in [-0.2, 0) is 10.3 Å². The Kier molecular flexibility index (Phi) is 7.33. The quantitative estimate of drug-likeness (QED) is 0.342. The van der Waals surface area contributed by atoms with E-state index in [1.807, 2.05) is 0 Å². The minimum Gasteiger partial charge on any atom is -0.491 e. The number of aromatic amines is 1. The van der Waals surface area contributed by atoms with Crippen molar-refractivity contribution < 1.29 is 37.3 Å². The van der Waals surface area contributed by atoms with Crippen LogP contribution in [-0.4, -0.2) is 40.4 Å². The van der Waals surface area contributed by atoms with E-state index in [0.29, 0.717) is 27.8 Å². The van der Waals surface area contributed by atoms with Gasteiger partial charge in [-0.2, -0.15) is 0 Å². The molecule has 4 aromatic rings. The van der Waals surface area contributed by atoms with Crippen molar-refractivity contribution in [2.45, 2.75) is 18.3 Å². The summed E-state index contributed by atoms with van der Waals surface area (Å²) in [5.74, 6) is -0.435. The second-order valence-electron chi connectivity index (χ2n) is 8.06. The molecule has 2 aromatic heterocycles. The lowest BCUT2D eigenvalue weighted by molar-refractivity contribution is -0.274. The van der Waals surface area contributed by atoms with Gasteiger partial charge in [-0.15, -0.1) is 13.2 Å². The van der Waals surface area contributed by atoms with E-state index in [0.717, 1.165) is 0 Å². The molecule has 1 aliphatic rings. The highest BCUT2D eigenvalue weighted by atomic mass is 19.4. The van der Waals surface area contributed by atoms with Crippen LogP contribution < -0.4 is 20.3 Å². The molecular formula is C26H20F3N3O6. The predicted molar refractivity (Wildman–Crippen MR) is 129 cm³/mol. The number of ether oxygens (including phenoxy) is 2. The van der Waals surface area contributed by atoms with Gasteiger partial charge in [0.15, 0.2) is 0 Å². The standard InChI is InChI=1S/C25H18F3N3O4.CH2O2/c26-25(27,28)35-16-9-7-15(8-10-16)24(11-13-34-20-6-3-12-29-21(20)24)31-23(33)19-14-30-22(32)18-5-2-1-4-17(18)19;2-1-3/h1-10,12,14H,11,13H2,(H,30,32)(H,31,33);1H,(H,2,3)/t24-;/m0./s1. The number of rotatable bonds is 4. The highest BCUT2D eigenvalue weighted by Crippen LogP contribution is 2.41. The minimum absolute atomic E-state index is 0.228. The van der Waals surface area contributed by atoms with Gasteiger partial charge in [-0.1, -0.05) is 30.3 Å². The summed E-state index contributed by atoms with van der Waals surface area (Å²) in [4.78, 5) is 41.2. The molecule has 0 spiro atoms. The molecule has 0 unspecified atom stereocenters. The van der Waals surface area contributed by atoms with E-state index in [2.05, 4.69) is 20.0 Å². The Hall–Kier alpha value is -4.87. The molecule has 0 fully saturated rings. The maximum Gasteiger partial charge on any atom is 0.573 e. The van der Waals surface area contributed by atoms with Crippen LogP contribution in [0.3, 0.4) is 0 Å². The van der Waals surface area contributed by atoms with Crippen LogP contribution in [0.5, 0.6) is 11.5 Å². The number of amides is 1. The van der Waals surface area contributed by atoms with Gasteiger partial charge >= 0.3 is 6.36 Å². The first-order valence-electron chi connectivity index (χ1n) is 11.1. The molecular weight excluding hydrogens is 507 g/mol. The van der Waals surface area contributed by atoms with Gasteiger partial charge in [0.05, 0.1) is 12.2 Å². The number of alkyl halides is 3. The van der Waals surface area contributed by atoms with E-state index < -0.39 is 17.8 Å². The molecule has 12 heteroatoms. The topological polar surface area (TPSA) is 131 Å². The molecule has 9 nitrogen and oxygen atoms in total. The maximum atomic E-state index is 13.6. The average molecular weight is 527 g/mol. The van der Waals surface area contributed by atoms with E-state index in [1.54, 1.807) is 42.6 Å². The molecule has 3 N–H and O–H groups in total. The Bertz CT molecular complexity index is 1520. The van der Waals surface area contributed by atoms with Crippen LogP contribution in [0.1, 0.15) is 28.0 Å². The number of pyridine rings is 2. The molecule has 2 aromatic carbocycles. The number of fused-ring (bicyclic) bond motifs is 2. The third kappa shape index (κ3) is 5.28. The highest BCUT2D eigenvalue weighted by Gasteiger charge is 2.43. The zero-order valence-electron chi connectivity index (χ0n) is 19.5. The van der Waals surface area contributed by atoms with Crippen LogP contribution in [0.25, 0.3) is 10.8 Å². The lowest BCUT2D eigenvalue weighted by atomic mass is 9.81. The van der Waals surface area contributed by atoms with Crippen LogP contribution >= 0.6 is 0 Å². The molecule has 1 amide bonds. The maximum absolute atomic E-state index is 13.6. The molecule has 0 radical (unpaired) electrons. The number of carbonyl (C=O) groups is 2. The summed E-state index contributed by atoms with van der Waals surface area (Å²) in [6.07, 6.45) is -1.67. The van der Waals surface area contributed by atoms with Crippen LogP contribution in [0.2, 0.25) is 0 Å². The summed E-state index contributed by atoms with van der Waals surface area (Å²) in [5.41, 5.74) is -0.388. The number of carboxylic acid groups (broad SMARTS) is 1. The number of hydrogen-bond acceptors (Lipinski definition) is 6. The summed E-state index contributed by atoms with van der Waals surface area (Å²) in [6.45, 7) is -0.0217. The Morgan fingerprint density at radius 3 is 2.47 bits per heavy atom. The van der Waals surface area contributed by atoms with E-state index in [1.165, 1.54) is 30.5 Å². The molecule has 1 aliphatic heterocycles. The fourth-order valence-corrected chi connectivity index (χ4v) is 4.33. The lowest BCUT2D eigenvalue weighted by Crippen LogP contribution is -2.50. The largest absolute Gasteiger partial charge is 0.573 e. The number of carbonyl (C=O) groups excluding carboxylic acids is 1. The Morgan fingerprint density at radius 1 is 1.11 bits per heavy atom. The molecule has 5 rings (SSSR count). The SMILES string of the molecule is O=C(N[C@]1(c2ccc(OC(F)(F)F)cc2)CCOc2cccnc21)c1c[nH]c(=O)c2ccccc12.O=CO. The van der Waals surface area contributed by atoms with Crippen molar-refractivity contribution in [1.29, 1.82) is 0 Å². The first-order valence-corrected chi connectivity index (χ1v) is 11.1. The predicted octanol–water partition coefficient (Wildman–Crippen LogP) is 3.98. The number of nitrogens with one attached hydrogen (secondary N) is 2. The average Bonchev–Trinajstić information content (AvgIpc) is 2.89. The highest BCUT2D eigenvalue weighted by molar-refractivity contribution is 6.06. The van der Waals surface area contributed by atoms with Gasteiger partial charge in [-0.05, 0) is 35.9 Å². The summed E-state index contributed by atoms with van der Waals surface area (Å²) in [7, 11) is 0. The first-order chi connectivity index (χ1) is 18.2. The number of nitrogens with zero attached hydrogens (tertiary/aromatic N) is 1. The minimum atomic E-state index is -4.83. The number of halogens is 3. The van der Waals surface area contributed by atoms with Gasteiger partial charge in [-0.25, -0.2) is 0 Å². The third-order valence-electron chi connectivity index (χ3n) is 5.87. The van der Waals surface area contributed by atoms with Gasteiger partial charge < -0.3 is 24.9 Å². The van der Waals surface area contributed by atoms with Crippen LogP contribution in [0, 0.1) is 0 Å². The fourth-order valence-electron chi connectivity index (χ4n) is 4.33. The first kappa shape index (κ1) is 26.2. The van der Waals surface area contributed by atoms with E-state index in [-0.39, 0.29) is 36.4 Å². The number of H-pyrrole nitrogens is 1. The molecule has 0 aliphatic carbocycles. The molecule has 3 heterocycles. The fraction of sp³-hybridized carbons (Fsp3) is 0.154. The summed E-state index contributed by atoms with van der Waals surface area (Å²) in [6, 6.07) is 15.4. The van der Waals surface area contributed by atoms with Gasteiger partial charge in [0.1, 0.15) is 22.7 Å². The Balaban J connectivity index is 0.00000107. The van der Waals surface area contributed by atoms with Gasteiger partial charge in [0, 0.05) is 29.6 Å². The summed E-state index contributed by atoms with van der Waals surface area (Å²) >= 11 is 0. The summed E-state index contributed by atoms with van der Waals surface area (Å²) in [5, 5.41) is 10.7. The molecule has 196 valence electrons. The van der Waals surface area contributed by atoms with Crippen LogP contribution in [0.15, 0.2) is 77.9 Å². The zero-order valence-corrected chi connectivity index (χ0v) is 19.5. The monoisotopic (exact) mass is 527 g/mol. The van der Waals surface area contributed by atoms with Gasteiger partial charge in [0.2, 0.25) is 0 Å². The summed E-state index contributed by atoms with van der Waals surface area (Å²) < 4.78 is 47.7. The number of aromatic nitrogens is 2. The molecule has 0 saturated heterocycles. The molecule has 0 saturated carbocycles. The van der Waals surface area contributed by atoms with Crippen molar-refractivity contribution in [3.05, 3.63) is 100 Å². The molecule has 0 bridgehead atoms. The molecule has 1 atom stereocenters. The second-order valence-corrected chi connectivity index (χ2v) is 8.06. The number of benzene rings is 2. The van der Waals surface area contributed by atoms with E-state index in [4.69, 9.17) is 14.6 Å². The Labute approximate surface area is 212 Å². The van der Waals surface area contributed by atoms with Crippen LogP contribution in [0.4, 0.5) is 13.2 Å². The third-order valence-corrected chi connectivity index (χ3v) is 5.87. The zero-order chi connectivity index (χ0) is 27.3. The normalized spacial score (nSPS) is 16.3. The van der Waals surface area contributed by atoms with Crippen molar-refractivity contribution in [3.8, 4) is 11.5 Å². The van der Waals surface area contributed by atoms with Crippen molar-refractivity contribution in [3.63, 3.8) is 0 Å². The second kappa shape index (κ2) is 10.6. The van der Waals surface area contributed by atoms with E-state index >= 15 is 0 Å². The molecule has 38 heavy (non-hydrogen) atoms.